The van der Waals surface area contributed by atoms with Crippen LogP contribution in [0.15, 0.2) is 192 Å². The van der Waals surface area contributed by atoms with Crippen LogP contribution in [0.4, 0.5) is 34.1 Å². The van der Waals surface area contributed by atoms with Gasteiger partial charge in [-0.2, -0.15) is 0 Å². The van der Waals surface area contributed by atoms with Gasteiger partial charge in [0, 0.05) is 78.6 Å². The zero-order chi connectivity index (χ0) is 40.2. The molecule has 0 radical (unpaired) electrons. The predicted molar refractivity (Wildman–Crippen MR) is 268 cm³/mol. The van der Waals surface area contributed by atoms with E-state index in [0.29, 0.717) is 0 Å². The van der Waals surface area contributed by atoms with Crippen molar-refractivity contribution in [1.29, 1.82) is 0 Å². The van der Waals surface area contributed by atoms with Crippen molar-refractivity contribution in [2.45, 2.75) is 9.79 Å². The Kier molecular flexibility index (Phi) is 6.82. The van der Waals surface area contributed by atoms with Crippen molar-refractivity contribution in [3.05, 3.63) is 182 Å². The van der Waals surface area contributed by atoms with Gasteiger partial charge in [-0.05, 0) is 94.0 Å². The lowest BCUT2D eigenvalue weighted by atomic mass is 9.31. The number of nitrogens with zero attached hydrogens (tertiary/aromatic N) is 2. The van der Waals surface area contributed by atoms with Gasteiger partial charge in [0.15, 0.2) is 0 Å². The lowest BCUT2D eigenvalue weighted by molar-refractivity contribution is 0.492. The number of hydrogen-bond donors (Lipinski definition) is 0. The summed E-state index contributed by atoms with van der Waals surface area (Å²) in [7, 11) is 0. The molecule has 4 aliphatic rings. The van der Waals surface area contributed by atoms with Crippen LogP contribution in [-0.2, 0) is 0 Å². The zero-order valence-corrected chi connectivity index (χ0v) is 35.5. The molecule has 3 nitrogen and oxygen atoms in total. The summed E-state index contributed by atoms with van der Waals surface area (Å²) in [6.07, 6.45) is 0. The number of anilines is 6. The van der Waals surface area contributed by atoms with Crippen LogP contribution in [0, 0.1) is 0 Å². The van der Waals surface area contributed by atoms with Gasteiger partial charge in [-0.25, -0.2) is 0 Å². The Labute approximate surface area is 370 Å². The molecule has 4 aliphatic heterocycles. The zero-order valence-electron chi connectivity index (χ0n) is 33.0. The molecule has 286 valence electrons. The third-order valence-corrected chi connectivity index (χ3v) is 16.9. The van der Waals surface area contributed by atoms with Crippen molar-refractivity contribution in [2.24, 2.45) is 0 Å². The second-order valence-corrected chi connectivity index (χ2v) is 19.9. The van der Waals surface area contributed by atoms with Gasteiger partial charge in [-0.1, -0.05) is 132 Å². The van der Waals surface area contributed by atoms with Crippen molar-refractivity contribution in [3.8, 4) is 11.5 Å². The summed E-state index contributed by atoms with van der Waals surface area (Å²) in [5, 5.41) is 5.12. The summed E-state index contributed by atoms with van der Waals surface area (Å²) in [5.41, 5.74) is 15.2. The largest absolute Gasteiger partial charge is 0.458 e. The molecule has 0 N–H and O–H groups in total. The molecule has 2 aromatic heterocycles. The molecule has 0 saturated carbocycles. The van der Waals surface area contributed by atoms with E-state index in [2.05, 4.69) is 192 Å². The topological polar surface area (TPSA) is 15.7 Å². The Morgan fingerprint density at radius 2 is 1.02 bits per heavy atom. The number of thiophene rings is 2. The SMILES string of the molecule is c1ccc(N2c3ccccc3B3c4cc5c(cc4N(c4ccccc4)c4c3c2cc2sc3ccccc3c42)Sc2cc3sc4ccccc4c3c3c2B5c2ccccc2O3)cc1. The van der Waals surface area contributed by atoms with E-state index in [4.69, 9.17) is 4.74 Å². The van der Waals surface area contributed by atoms with E-state index < -0.39 is 0 Å². The fourth-order valence-electron chi connectivity index (χ4n) is 11.1. The molecular weight excluding hydrogens is 810 g/mol. The van der Waals surface area contributed by atoms with Gasteiger partial charge < -0.3 is 14.5 Å². The normalized spacial score (nSPS) is 14.1. The number of para-hydroxylation sites is 4. The van der Waals surface area contributed by atoms with Crippen LogP contribution in [0.3, 0.4) is 0 Å². The maximum Gasteiger partial charge on any atom is 0.253 e. The van der Waals surface area contributed by atoms with Crippen LogP contribution in [0.5, 0.6) is 11.5 Å². The van der Waals surface area contributed by atoms with Gasteiger partial charge in [0.1, 0.15) is 11.5 Å². The van der Waals surface area contributed by atoms with E-state index in [9.17, 15) is 0 Å². The van der Waals surface area contributed by atoms with Crippen LogP contribution in [0.2, 0.25) is 0 Å². The minimum atomic E-state index is -0.0104. The smallest absolute Gasteiger partial charge is 0.253 e. The first-order chi connectivity index (χ1) is 30.8. The van der Waals surface area contributed by atoms with Crippen LogP contribution >= 0.6 is 34.4 Å². The number of fused-ring (bicyclic) bond motifs is 16. The average Bonchev–Trinajstić information content (AvgIpc) is 3.89. The molecule has 8 heteroatoms. The number of hydrogen-bond acceptors (Lipinski definition) is 6. The third-order valence-electron chi connectivity index (χ3n) is 13.5. The summed E-state index contributed by atoms with van der Waals surface area (Å²) in [4.78, 5) is 7.71. The molecule has 0 spiro atoms. The highest BCUT2D eigenvalue weighted by Gasteiger charge is 2.47. The lowest BCUT2D eigenvalue weighted by Gasteiger charge is -2.45. The molecule has 62 heavy (non-hydrogen) atoms. The number of benzene rings is 9. The van der Waals surface area contributed by atoms with Crippen molar-refractivity contribution in [1.82, 2.24) is 0 Å². The Hall–Kier alpha value is -6.70. The second kappa shape index (κ2) is 12.5. The second-order valence-electron chi connectivity index (χ2n) is 16.7. The van der Waals surface area contributed by atoms with Crippen LogP contribution in [0.1, 0.15) is 0 Å². The van der Waals surface area contributed by atoms with Gasteiger partial charge in [0.25, 0.3) is 13.4 Å². The predicted octanol–water partition coefficient (Wildman–Crippen LogP) is 11.6. The highest BCUT2D eigenvalue weighted by atomic mass is 32.2. The highest BCUT2D eigenvalue weighted by molar-refractivity contribution is 8.00. The average molecular weight is 841 g/mol. The maximum absolute atomic E-state index is 7.07. The standard InChI is InChI=1S/C54H30B2N2OS3/c1-3-15-31(16-4-1)57-39-23-11-9-21-35(39)55-37-27-38-45(62-48-30-47-50(34-20-8-14-26-44(34)61-47)54-52(48)56(38)36-22-10-12-24-42(36)59-54)28-40(37)58(32-17-5-2-6-18-32)53-49-33-19-7-13-25-43(33)60-46(49)29-41(57)51(53)55/h1-30H. The van der Waals surface area contributed by atoms with E-state index in [1.165, 1.54) is 106 Å². The van der Waals surface area contributed by atoms with E-state index in [-0.39, 0.29) is 13.4 Å². The molecule has 0 fully saturated rings. The number of rotatable bonds is 2. The Morgan fingerprint density at radius 1 is 0.403 bits per heavy atom. The maximum atomic E-state index is 7.07. The van der Waals surface area contributed by atoms with Gasteiger partial charge >= 0.3 is 0 Å². The highest BCUT2D eigenvalue weighted by Crippen LogP contribution is 2.52. The Balaban J connectivity index is 1.08. The molecule has 6 heterocycles. The van der Waals surface area contributed by atoms with Gasteiger partial charge in [-0.3, -0.25) is 0 Å². The third kappa shape index (κ3) is 4.44. The van der Waals surface area contributed by atoms with Crippen molar-refractivity contribution < 1.29 is 4.74 Å². The molecule has 0 atom stereocenters. The van der Waals surface area contributed by atoms with Crippen LogP contribution in [0.25, 0.3) is 40.3 Å². The summed E-state index contributed by atoms with van der Waals surface area (Å²) < 4.78 is 12.2. The minimum Gasteiger partial charge on any atom is -0.458 e. The molecule has 15 rings (SSSR count). The molecule has 0 unspecified atom stereocenters. The Morgan fingerprint density at radius 3 is 1.79 bits per heavy atom. The first-order valence-corrected chi connectivity index (χ1v) is 23.6. The van der Waals surface area contributed by atoms with Gasteiger partial charge in [0.2, 0.25) is 0 Å². The fraction of sp³-hybridized carbons (Fsp3) is 0. The summed E-state index contributed by atoms with van der Waals surface area (Å²) in [5.74, 6) is 1.96. The molecular formula is C54H30B2N2OS3. The summed E-state index contributed by atoms with van der Waals surface area (Å²) in [6.45, 7) is 0.00675. The fourth-order valence-corrected chi connectivity index (χ4v) is 14.7. The lowest BCUT2D eigenvalue weighted by Crippen LogP contribution is -2.64. The molecule has 0 amide bonds. The summed E-state index contributed by atoms with van der Waals surface area (Å²) >= 11 is 5.68. The molecule has 0 bridgehead atoms. The van der Waals surface area contributed by atoms with Crippen molar-refractivity contribution in [3.63, 3.8) is 0 Å². The van der Waals surface area contributed by atoms with Gasteiger partial charge in [0.05, 0.1) is 5.69 Å². The van der Waals surface area contributed by atoms with Crippen molar-refractivity contribution >= 4 is 155 Å². The Bertz CT molecular complexity index is 3750. The monoisotopic (exact) mass is 840 g/mol. The van der Waals surface area contributed by atoms with Crippen LogP contribution in [-0.4, -0.2) is 13.4 Å². The molecule has 0 aliphatic carbocycles. The molecule has 0 saturated heterocycles. The first kappa shape index (κ1) is 34.0. The molecule has 11 aromatic rings. The first-order valence-electron chi connectivity index (χ1n) is 21.1. The molecule has 9 aromatic carbocycles. The van der Waals surface area contributed by atoms with E-state index >= 15 is 0 Å². The van der Waals surface area contributed by atoms with E-state index in [1.54, 1.807) is 0 Å². The quantitative estimate of drug-likeness (QED) is 0.161. The van der Waals surface area contributed by atoms with E-state index in [1.807, 2.05) is 34.4 Å². The summed E-state index contributed by atoms with van der Waals surface area (Å²) in [6, 6.07) is 67.8. The minimum absolute atomic E-state index is 0.0104. The van der Waals surface area contributed by atoms with Gasteiger partial charge in [-0.15, -0.1) is 22.7 Å². The van der Waals surface area contributed by atoms with E-state index in [0.717, 1.165) is 22.9 Å². The van der Waals surface area contributed by atoms with Crippen LogP contribution < -0.4 is 47.3 Å². The van der Waals surface area contributed by atoms with Crippen molar-refractivity contribution in [2.75, 3.05) is 9.80 Å². The number of ether oxygens (including phenoxy) is 1.